The molecular weight excluding hydrogens is 256 g/mol. The summed E-state index contributed by atoms with van der Waals surface area (Å²) in [6, 6.07) is -0.560. The van der Waals surface area contributed by atoms with Crippen LogP contribution in [0.1, 0.15) is 54.4 Å². The zero-order valence-electron chi connectivity index (χ0n) is 13.6. The van der Waals surface area contributed by atoms with Gasteiger partial charge in [0.1, 0.15) is 11.6 Å². The standard InChI is InChI=1S/C15H28N2O3/c1-14(2,3)11(12(18)17-9-7-8-10-17)16-13(19)20-15(4,5)6/h11H,7-10H2,1-6H3,(H,16,19)/t11-/m0/s1. The minimum absolute atomic E-state index is 0.0131. The summed E-state index contributed by atoms with van der Waals surface area (Å²) in [6.07, 6.45) is 1.54. The maximum Gasteiger partial charge on any atom is 0.408 e. The fraction of sp³-hybridized carbons (Fsp3) is 0.867. The van der Waals surface area contributed by atoms with Crippen molar-refractivity contribution in [2.75, 3.05) is 13.1 Å². The molecule has 1 fully saturated rings. The van der Waals surface area contributed by atoms with Crippen molar-refractivity contribution in [1.82, 2.24) is 10.2 Å². The molecule has 1 N–H and O–H groups in total. The van der Waals surface area contributed by atoms with Crippen LogP contribution in [0.5, 0.6) is 0 Å². The summed E-state index contributed by atoms with van der Waals surface area (Å²) in [7, 11) is 0. The van der Waals surface area contributed by atoms with E-state index in [0.29, 0.717) is 0 Å². The number of amides is 2. The van der Waals surface area contributed by atoms with Gasteiger partial charge in [-0.1, -0.05) is 20.8 Å². The first-order chi connectivity index (χ1) is 9.00. The maximum absolute atomic E-state index is 12.5. The lowest BCUT2D eigenvalue weighted by Gasteiger charge is -2.34. The van der Waals surface area contributed by atoms with Crippen molar-refractivity contribution in [3.05, 3.63) is 0 Å². The smallest absolute Gasteiger partial charge is 0.408 e. The van der Waals surface area contributed by atoms with Crippen molar-refractivity contribution in [3.8, 4) is 0 Å². The molecule has 0 bridgehead atoms. The highest BCUT2D eigenvalue weighted by atomic mass is 16.6. The second-order valence-corrected chi connectivity index (χ2v) is 7.48. The Morgan fingerprint density at radius 1 is 1.05 bits per heavy atom. The molecule has 0 aliphatic carbocycles. The van der Waals surface area contributed by atoms with Gasteiger partial charge in [-0.15, -0.1) is 0 Å². The molecule has 0 radical (unpaired) electrons. The molecule has 0 aromatic heterocycles. The summed E-state index contributed by atoms with van der Waals surface area (Å²) in [5.41, 5.74) is -0.917. The third-order valence-electron chi connectivity index (χ3n) is 3.19. The fourth-order valence-corrected chi connectivity index (χ4v) is 2.19. The van der Waals surface area contributed by atoms with Crippen LogP contribution in [0.3, 0.4) is 0 Å². The van der Waals surface area contributed by atoms with Crippen LogP contribution in [0, 0.1) is 5.41 Å². The van der Waals surface area contributed by atoms with E-state index in [1.54, 1.807) is 20.8 Å². The summed E-state index contributed by atoms with van der Waals surface area (Å²) < 4.78 is 5.26. The number of carbonyl (C=O) groups is 2. The van der Waals surface area contributed by atoms with Crippen LogP contribution in [0.2, 0.25) is 0 Å². The summed E-state index contributed by atoms with van der Waals surface area (Å²) in [5, 5.41) is 2.74. The highest BCUT2D eigenvalue weighted by Gasteiger charge is 2.37. The molecule has 116 valence electrons. The van der Waals surface area contributed by atoms with Crippen molar-refractivity contribution in [2.24, 2.45) is 5.41 Å². The Hall–Kier alpha value is -1.26. The normalized spacial score (nSPS) is 17.8. The Morgan fingerprint density at radius 2 is 1.55 bits per heavy atom. The number of carbonyl (C=O) groups excluding carboxylic acids is 2. The second-order valence-electron chi connectivity index (χ2n) is 7.48. The minimum atomic E-state index is -0.566. The van der Waals surface area contributed by atoms with E-state index < -0.39 is 17.7 Å². The van der Waals surface area contributed by atoms with Gasteiger partial charge in [-0.3, -0.25) is 4.79 Å². The molecule has 1 aliphatic rings. The lowest BCUT2D eigenvalue weighted by Crippen LogP contribution is -2.55. The topological polar surface area (TPSA) is 58.6 Å². The van der Waals surface area contributed by atoms with E-state index in [4.69, 9.17) is 4.74 Å². The van der Waals surface area contributed by atoms with Crippen LogP contribution in [-0.4, -0.2) is 41.6 Å². The van der Waals surface area contributed by atoms with Crippen LogP contribution in [-0.2, 0) is 9.53 Å². The molecule has 2 amide bonds. The van der Waals surface area contributed by atoms with Crippen LogP contribution < -0.4 is 5.32 Å². The van der Waals surface area contributed by atoms with Crippen molar-refractivity contribution < 1.29 is 14.3 Å². The third kappa shape index (κ3) is 5.02. The molecule has 20 heavy (non-hydrogen) atoms. The van der Waals surface area contributed by atoms with Gasteiger partial charge in [0.25, 0.3) is 0 Å². The van der Waals surface area contributed by atoms with Crippen LogP contribution in [0.25, 0.3) is 0 Å². The number of likely N-dealkylation sites (tertiary alicyclic amines) is 1. The molecule has 1 aliphatic heterocycles. The summed E-state index contributed by atoms with van der Waals surface area (Å²) in [4.78, 5) is 26.3. The van der Waals surface area contributed by atoms with E-state index in [-0.39, 0.29) is 11.3 Å². The Kier molecular flexibility index (Phi) is 5.05. The van der Waals surface area contributed by atoms with E-state index >= 15 is 0 Å². The molecule has 5 nitrogen and oxygen atoms in total. The van der Waals surface area contributed by atoms with Gasteiger partial charge in [0.2, 0.25) is 5.91 Å². The number of ether oxygens (including phenoxy) is 1. The van der Waals surface area contributed by atoms with Gasteiger partial charge < -0.3 is 15.0 Å². The first kappa shape index (κ1) is 16.8. The highest BCUT2D eigenvalue weighted by molar-refractivity contribution is 5.86. The fourth-order valence-electron chi connectivity index (χ4n) is 2.19. The SMILES string of the molecule is CC(C)(C)OC(=O)N[C@@H](C(=O)N1CCCC1)C(C)(C)C. The van der Waals surface area contributed by atoms with Crippen molar-refractivity contribution in [2.45, 2.75) is 66.0 Å². The van der Waals surface area contributed by atoms with Gasteiger partial charge in [-0.2, -0.15) is 0 Å². The van der Waals surface area contributed by atoms with Gasteiger partial charge in [0, 0.05) is 13.1 Å². The molecule has 0 aromatic carbocycles. The average Bonchev–Trinajstić information content (AvgIpc) is 2.74. The number of nitrogens with one attached hydrogen (secondary N) is 1. The predicted octanol–water partition coefficient (Wildman–Crippen LogP) is 2.55. The zero-order chi connectivity index (χ0) is 15.6. The summed E-state index contributed by atoms with van der Waals surface area (Å²) >= 11 is 0. The van der Waals surface area contributed by atoms with E-state index in [2.05, 4.69) is 5.32 Å². The molecule has 0 unspecified atom stereocenters. The van der Waals surface area contributed by atoms with Crippen LogP contribution in [0.4, 0.5) is 4.79 Å². The Bertz CT molecular complexity index is 360. The first-order valence-electron chi connectivity index (χ1n) is 7.29. The van der Waals surface area contributed by atoms with Crippen LogP contribution >= 0.6 is 0 Å². The van der Waals surface area contributed by atoms with Gasteiger partial charge in [0.05, 0.1) is 0 Å². The zero-order valence-corrected chi connectivity index (χ0v) is 13.6. The lowest BCUT2D eigenvalue weighted by atomic mass is 9.86. The molecule has 1 heterocycles. The number of rotatable bonds is 2. The van der Waals surface area contributed by atoms with Gasteiger partial charge in [0.15, 0.2) is 0 Å². The molecule has 0 saturated carbocycles. The Balaban J connectivity index is 2.75. The molecule has 1 rings (SSSR count). The summed E-state index contributed by atoms with van der Waals surface area (Å²) in [5.74, 6) is -0.0131. The van der Waals surface area contributed by atoms with Crippen molar-refractivity contribution in [1.29, 1.82) is 0 Å². The first-order valence-corrected chi connectivity index (χ1v) is 7.29. The van der Waals surface area contributed by atoms with Crippen molar-refractivity contribution in [3.63, 3.8) is 0 Å². The minimum Gasteiger partial charge on any atom is -0.444 e. The summed E-state index contributed by atoms with van der Waals surface area (Å²) in [6.45, 7) is 12.8. The highest BCUT2D eigenvalue weighted by Crippen LogP contribution is 2.23. The van der Waals surface area contributed by atoms with Crippen LogP contribution in [0.15, 0.2) is 0 Å². The number of hydrogen-bond acceptors (Lipinski definition) is 3. The molecular formula is C15H28N2O3. The maximum atomic E-state index is 12.5. The van der Waals surface area contributed by atoms with Crippen molar-refractivity contribution >= 4 is 12.0 Å². The Labute approximate surface area is 122 Å². The monoisotopic (exact) mass is 284 g/mol. The number of nitrogens with zero attached hydrogens (tertiary/aromatic N) is 1. The quantitative estimate of drug-likeness (QED) is 0.847. The average molecular weight is 284 g/mol. The molecule has 5 heteroatoms. The van der Waals surface area contributed by atoms with Gasteiger partial charge in [-0.25, -0.2) is 4.79 Å². The number of alkyl carbamates (subject to hydrolysis) is 1. The molecule has 0 spiro atoms. The van der Waals surface area contributed by atoms with E-state index in [0.717, 1.165) is 25.9 Å². The lowest BCUT2D eigenvalue weighted by molar-refractivity contribution is -0.135. The van der Waals surface area contributed by atoms with E-state index in [1.165, 1.54) is 0 Å². The third-order valence-corrected chi connectivity index (χ3v) is 3.19. The second kappa shape index (κ2) is 6.02. The predicted molar refractivity (Wildman–Crippen MR) is 78.4 cm³/mol. The molecule has 1 atom stereocenters. The molecule has 0 aromatic rings. The van der Waals surface area contributed by atoms with E-state index in [1.807, 2.05) is 25.7 Å². The largest absolute Gasteiger partial charge is 0.444 e. The number of hydrogen-bond donors (Lipinski definition) is 1. The van der Waals surface area contributed by atoms with Gasteiger partial charge >= 0.3 is 6.09 Å². The molecule has 1 saturated heterocycles. The van der Waals surface area contributed by atoms with E-state index in [9.17, 15) is 9.59 Å². The van der Waals surface area contributed by atoms with Gasteiger partial charge in [-0.05, 0) is 39.0 Å². The Morgan fingerprint density at radius 3 is 1.95 bits per heavy atom.